The normalized spacial score (nSPS) is 12.5. The summed E-state index contributed by atoms with van der Waals surface area (Å²) in [6.07, 6.45) is 0.791. The zero-order valence-corrected chi connectivity index (χ0v) is 18.9. The van der Waals surface area contributed by atoms with E-state index in [1.165, 1.54) is 0 Å². The Morgan fingerprint density at radius 3 is 2.52 bits per heavy atom. The van der Waals surface area contributed by atoms with E-state index >= 15 is 0 Å². The van der Waals surface area contributed by atoms with Crippen LogP contribution in [-0.4, -0.2) is 32.7 Å². The van der Waals surface area contributed by atoms with Crippen molar-refractivity contribution in [2.45, 2.75) is 52.2 Å². The summed E-state index contributed by atoms with van der Waals surface area (Å²) >= 11 is 6.13. The lowest BCUT2D eigenvalue weighted by atomic mass is 10.0. The van der Waals surface area contributed by atoms with Crippen molar-refractivity contribution < 1.29 is 9.53 Å². The molecule has 0 aliphatic rings. The number of carbonyl (C=O) groups is 1. The number of ether oxygens (including phenoxy) is 1. The third kappa shape index (κ3) is 5.61. The molecule has 0 saturated heterocycles. The molecule has 2 heterocycles. The van der Waals surface area contributed by atoms with Crippen LogP contribution in [0.2, 0.25) is 5.15 Å². The van der Waals surface area contributed by atoms with Crippen LogP contribution in [0.15, 0.2) is 47.3 Å². The van der Waals surface area contributed by atoms with Crippen LogP contribution in [0.4, 0.5) is 5.82 Å². The van der Waals surface area contributed by atoms with Crippen LogP contribution in [0.5, 0.6) is 0 Å². The Morgan fingerprint density at radius 2 is 1.87 bits per heavy atom. The van der Waals surface area contributed by atoms with Gasteiger partial charge in [0, 0.05) is 6.54 Å². The molecule has 164 valence electrons. The van der Waals surface area contributed by atoms with Gasteiger partial charge in [0.1, 0.15) is 16.3 Å². The van der Waals surface area contributed by atoms with Crippen molar-refractivity contribution in [3.05, 3.63) is 63.5 Å². The number of benzene rings is 1. The fraction of sp³-hybridized carbons (Fsp3) is 0.391. The van der Waals surface area contributed by atoms with Gasteiger partial charge in [0.25, 0.3) is 5.56 Å². The van der Waals surface area contributed by atoms with Crippen LogP contribution in [-0.2, 0) is 9.53 Å². The van der Waals surface area contributed by atoms with Gasteiger partial charge in [0.15, 0.2) is 11.5 Å². The predicted octanol–water partition coefficient (Wildman–Crippen LogP) is 4.59. The van der Waals surface area contributed by atoms with E-state index in [1.54, 1.807) is 16.7 Å². The highest BCUT2D eigenvalue weighted by Gasteiger charge is 2.21. The van der Waals surface area contributed by atoms with Gasteiger partial charge in [0.05, 0.1) is 12.5 Å². The molecule has 7 nitrogen and oxygen atoms in total. The monoisotopic (exact) mass is 442 g/mol. The quantitative estimate of drug-likeness (QED) is 0.425. The van der Waals surface area contributed by atoms with Crippen molar-refractivity contribution in [3.63, 3.8) is 0 Å². The number of hydrogen-bond donors (Lipinski definition) is 1. The number of rotatable bonds is 7. The molecule has 1 unspecified atom stereocenters. The number of aromatic nitrogens is 3. The first-order chi connectivity index (χ1) is 14.7. The number of nitrogens with one attached hydrogen (secondary N) is 1. The van der Waals surface area contributed by atoms with E-state index in [2.05, 4.69) is 15.3 Å². The highest BCUT2D eigenvalue weighted by Crippen LogP contribution is 2.25. The zero-order valence-electron chi connectivity index (χ0n) is 18.2. The lowest BCUT2D eigenvalue weighted by molar-refractivity contribution is -0.154. The highest BCUT2D eigenvalue weighted by atomic mass is 35.5. The van der Waals surface area contributed by atoms with E-state index in [4.69, 9.17) is 16.3 Å². The van der Waals surface area contributed by atoms with Crippen molar-refractivity contribution >= 4 is 34.6 Å². The summed E-state index contributed by atoms with van der Waals surface area (Å²) in [6.45, 7) is 7.68. The van der Waals surface area contributed by atoms with Crippen molar-refractivity contribution in [2.24, 2.45) is 0 Å². The van der Waals surface area contributed by atoms with E-state index in [0.717, 1.165) is 5.56 Å². The molecule has 8 heteroatoms. The van der Waals surface area contributed by atoms with Gasteiger partial charge in [-0.3, -0.25) is 14.2 Å². The molecule has 1 aromatic carbocycles. The summed E-state index contributed by atoms with van der Waals surface area (Å²) in [6, 6.07) is 12.9. The molecule has 1 atom stereocenters. The molecule has 3 rings (SSSR count). The van der Waals surface area contributed by atoms with E-state index in [9.17, 15) is 9.59 Å². The topological polar surface area (TPSA) is 86.1 Å². The minimum Gasteiger partial charge on any atom is -0.460 e. The minimum absolute atomic E-state index is 0.116. The molecule has 0 bridgehead atoms. The number of halogens is 1. The average Bonchev–Trinajstić information content (AvgIpc) is 2.70. The number of hydrogen-bond acceptors (Lipinski definition) is 6. The smallest absolute Gasteiger partial charge is 0.308 e. The molecule has 2 aromatic heterocycles. The van der Waals surface area contributed by atoms with Gasteiger partial charge in [-0.05, 0) is 44.9 Å². The Balaban J connectivity index is 1.99. The largest absolute Gasteiger partial charge is 0.460 e. The molecule has 0 saturated carbocycles. The molecule has 31 heavy (non-hydrogen) atoms. The third-order valence-electron chi connectivity index (χ3n) is 4.63. The van der Waals surface area contributed by atoms with Crippen LogP contribution in [0.25, 0.3) is 11.2 Å². The second-order valence-electron chi connectivity index (χ2n) is 8.21. The number of pyridine rings is 1. The first-order valence-electron chi connectivity index (χ1n) is 10.3. The van der Waals surface area contributed by atoms with E-state index in [-0.39, 0.29) is 41.5 Å². The lowest BCUT2D eigenvalue weighted by Crippen LogP contribution is -2.31. The number of nitrogens with zero attached hydrogens (tertiary/aromatic N) is 3. The Hall–Kier alpha value is -2.93. The molecule has 3 aromatic rings. The van der Waals surface area contributed by atoms with Gasteiger partial charge in [0.2, 0.25) is 0 Å². The lowest BCUT2D eigenvalue weighted by Gasteiger charge is -2.22. The molecule has 0 radical (unpaired) electrons. The van der Waals surface area contributed by atoms with Gasteiger partial charge >= 0.3 is 5.97 Å². The van der Waals surface area contributed by atoms with Crippen LogP contribution in [0.1, 0.15) is 52.1 Å². The van der Waals surface area contributed by atoms with Crippen molar-refractivity contribution in [1.29, 1.82) is 0 Å². The number of fused-ring (bicyclic) bond motifs is 1. The summed E-state index contributed by atoms with van der Waals surface area (Å²) in [5.74, 6) is -0.181. The zero-order chi connectivity index (χ0) is 22.6. The van der Waals surface area contributed by atoms with E-state index in [1.807, 2.05) is 58.0 Å². The summed E-state index contributed by atoms with van der Waals surface area (Å²) in [7, 11) is 0. The first kappa shape index (κ1) is 22.7. The number of carbonyl (C=O) groups excluding carboxylic acids is 1. The Kier molecular flexibility index (Phi) is 6.95. The summed E-state index contributed by atoms with van der Waals surface area (Å²) in [4.78, 5) is 34.2. The maximum Gasteiger partial charge on any atom is 0.308 e. The standard InChI is InChI=1S/C23H27ClN4O3/c1-5-17(15-9-7-6-8-10-15)28-21-16(11-12-18(24)27-21)26-20(22(28)30)25-14-13-19(29)31-23(2,3)4/h6-12,17H,5,13-14H2,1-4H3,(H,25,26). The molecular weight excluding hydrogens is 416 g/mol. The van der Waals surface area contributed by atoms with Crippen molar-refractivity contribution in [1.82, 2.24) is 14.5 Å². The molecule has 0 spiro atoms. The first-order valence-corrected chi connectivity index (χ1v) is 10.7. The summed E-state index contributed by atoms with van der Waals surface area (Å²) < 4.78 is 6.94. The fourth-order valence-electron chi connectivity index (χ4n) is 3.38. The molecular formula is C23H27ClN4O3. The summed E-state index contributed by atoms with van der Waals surface area (Å²) in [5.41, 5.74) is 1.08. The van der Waals surface area contributed by atoms with Crippen LogP contribution < -0.4 is 10.9 Å². The number of anilines is 1. The van der Waals surface area contributed by atoms with Crippen LogP contribution >= 0.6 is 11.6 Å². The average molecular weight is 443 g/mol. The van der Waals surface area contributed by atoms with E-state index in [0.29, 0.717) is 17.6 Å². The van der Waals surface area contributed by atoms with Crippen molar-refractivity contribution in [2.75, 3.05) is 11.9 Å². The number of esters is 1. The molecule has 1 N–H and O–H groups in total. The Morgan fingerprint density at radius 1 is 1.16 bits per heavy atom. The third-order valence-corrected chi connectivity index (χ3v) is 4.84. The maximum absolute atomic E-state index is 13.4. The molecule has 0 aliphatic heterocycles. The SMILES string of the molecule is CCC(c1ccccc1)n1c(=O)c(NCCC(=O)OC(C)(C)C)nc2ccc(Cl)nc21. The molecule has 0 aliphatic carbocycles. The highest BCUT2D eigenvalue weighted by molar-refractivity contribution is 6.29. The van der Waals surface area contributed by atoms with Gasteiger partial charge in [-0.2, -0.15) is 0 Å². The fourth-order valence-corrected chi connectivity index (χ4v) is 3.53. The molecule has 0 amide bonds. The van der Waals surface area contributed by atoms with Gasteiger partial charge in [-0.25, -0.2) is 9.97 Å². The second-order valence-corrected chi connectivity index (χ2v) is 8.60. The predicted molar refractivity (Wildman–Crippen MR) is 123 cm³/mol. The maximum atomic E-state index is 13.4. The molecule has 0 fully saturated rings. The van der Waals surface area contributed by atoms with Crippen molar-refractivity contribution in [3.8, 4) is 0 Å². The summed E-state index contributed by atoms with van der Waals surface area (Å²) in [5, 5.41) is 3.29. The van der Waals surface area contributed by atoms with Crippen LogP contribution in [0.3, 0.4) is 0 Å². The van der Waals surface area contributed by atoms with E-state index < -0.39 is 5.60 Å². The second kappa shape index (κ2) is 9.47. The Bertz CT molecular complexity index is 1120. The van der Waals surface area contributed by atoms with Crippen LogP contribution in [0, 0.1) is 0 Å². The Labute approximate surface area is 186 Å². The van der Waals surface area contributed by atoms with Gasteiger partial charge in [-0.15, -0.1) is 0 Å². The minimum atomic E-state index is -0.556. The van der Waals surface area contributed by atoms with Gasteiger partial charge < -0.3 is 10.1 Å². The van der Waals surface area contributed by atoms with Gasteiger partial charge in [-0.1, -0.05) is 48.9 Å².